The maximum absolute atomic E-state index is 5.54. The van der Waals surface area contributed by atoms with Crippen molar-refractivity contribution >= 4 is 11.3 Å². The Balaban J connectivity index is 2.24. The van der Waals surface area contributed by atoms with E-state index in [9.17, 15) is 0 Å². The second kappa shape index (κ2) is 5.98. The zero-order chi connectivity index (χ0) is 13.0. The number of nitrogens with two attached hydrogens (primary N) is 1. The summed E-state index contributed by atoms with van der Waals surface area (Å²) in [6.07, 6.45) is 2.77. The number of thiazole rings is 1. The fraction of sp³-hybridized carbons (Fsp3) is 0.357. The van der Waals surface area contributed by atoms with Crippen molar-refractivity contribution in [2.24, 2.45) is 5.73 Å². The van der Waals surface area contributed by atoms with Crippen LogP contribution in [-0.4, -0.2) is 18.1 Å². The highest BCUT2D eigenvalue weighted by molar-refractivity contribution is 7.15. The zero-order valence-electron chi connectivity index (χ0n) is 10.8. The molecule has 0 aliphatic carbocycles. The molecule has 0 spiro atoms. The number of benzene rings is 1. The maximum Gasteiger partial charge on any atom is 0.122 e. The summed E-state index contributed by atoms with van der Waals surface area (Å²) in [5.74, 6) is 0.952. The average molecular weight is 262 g/mol. The third-order valence-electron chi connectivity index (χ3n) is 2.67. The Kier molecular flexibility index (Phi) is 4.33. The minimum absolute atomic E-state index is 0.648. The topological polar surface area (TPSA) is 48.1 Å². The molecular weight excluding hydrogens is 244 g/mol. The average Bonchev–Trinajstić information content (AvgIpc) is 2.81. The molecule has 0 amide bonds. The molecule has 0 bridgehead atoms. The summed E-state index contributed by atoms with van der Waals surface area (Å²) in [5.41, 5.74) is 7.88. The molecule has 0 radical (unpaired) electrons. The Morgan fingerprint density at radius 3 is 2.89 bits per heavy atom. The van der Waals surface area contributed by atoms with E-state index in [1.54, 1.807) is 11.3 Å². The maximum atomic E-state index is 5.54. The highest BCUT2D eigenvalue weighted by Gasteiger charge is 2.06. The summed E-state index contributed by atoms with van der Waals surface area (Å²) in [5, 5.41) is 1.10. The summed E-state index contributed by atoms with van der Waals surface area (Å²) in [6.45, 7) is 5.41. The SMILES string of the molecule is CCOc1ccc(-c2cnc(CCN)s2)cc1C. The Bertz CT molecular complexity index is 522. The summed E-state index contributed by atoms with van der Waals surface area (Å²) in [7, 11) is 0. The second-order valence-electron chi connectivity index (χ2n) is 4.07. The van der Waals surface area contributed by atoms with E-state index in [0.29, 0.717) is 13.2 Å². The van der Waals surface area contributed by atoms with E-state index in [4.69, 9.17) is 10.5 Å². The third kappa shape index (κ3) is 2.89. The molecule has 2 rings (SSSR count). The van der Waals surface area contributed by atoms with Gasteiger partial charge in [0, 0.05) is 12.6 Å². The number of hydrogen-bond acceptors (Lipinski definition) is 4. The third-order valence-corrected chi connectivity index (χ3v) is 3.78. The van der Waals surface area contributed by atoms with Crippen molar-refractivity contribution in [1.29, 1.82) is 0 Å². The predicted molar refractivity (Wildman–Crippen MR) is 76.2 cm³/mol. The highest BCUT2D eigenvalue weighted by Crippen LogP contribution is 2.30. The molecule has 1 aromatic heterocycles. The van der Waals surface area contributed by atoms with Gasteiger partial charge < -0.3 is 10.5 Å². The molecule has 0 aliphatic rings. The van der Waals surface area contributed by atoms with Crippen LogP contribution in [0.5, 0.6) is 5.75 Å². The lowest BCUT2D eigenvalue weighted by atomic mass is 10.1. The molecule has 0 aliphatic heterocycles. The van der Waals surface area contributed by atoms with Crippen LogP contribution in [-0.2, 0) is 6.42 Å². The monoisotopic (exact) mass is 262 g/mol. The Morgan fingerprint density at radius 2 is 2.22 bits per heavy atom. The normalized spacial score (nSPS) is 10.6. The fourth-order valence-electron chi connectivity index (χ4n) is 1.80. The Hall–Kier alpha value is -1.39. The molecule has 2 aromatic rings. The van der Waals surface area contributed by atoms with Gasteiger partial charge >= 0.3 is 0 Å². The minimum Gasteiger partial charge on any atom is -0.494 e. The summed E-state index contributed by atoms with van der Waals surface area (Å²) >= 11 is 1.71. The van der Waals surface area contributed by atoms with Gasteiger partial charge in [-0.1, -0.05) is 0 Å². The van der Waals surface area contributed by atoms with Crippen molar-refractivity contribution in [3.05, 3.63) is 35.0 Å². The smallest absolute Gasteiger partial charge is 0.122 e. The lowest BCUT2D eigenvalue weighted by molar-refractivity contribution is 0.338. The van der Waals surface area contributed by atoms with E-state index in [0.717, 1.165) is 22.7 Å². The second-order valence-corrected chi connectivity index (χ2v) is 5.19. The van der Waals surface area contributed by atoms with Gasteiger partial charge in [0.15, 0.2) is 0 Å². The van der Waals surface area contributed by atoms with Crippen molar-refractivity contribution in [3.8, 4) is 16.2 Å². The molecule has 2 N–H and O–H groups in total. The lowest BCUT2D eigenvalue weighted by Crippen LogP contribution is -2.01. The Labute approximate surface area is 112 Å². The van der Waals surface area contributed by atoms with E-state index in [1.807, 2.05) is 19.2 Å². The first-order chi connectivity index (χ1) is 8.74. The Morgan fingerprint density at radius 1 is 1.39 bits per heavy atom. The molecule has 0 unspecified atom stereocenters. The van der Waals surface area contributed by atoms with Gasteiger partial charge in [-0.15, -0.1) is 11.3 Å². The summed E-state index contributed by atoms with van der Waals surface area (Å²) < 4.78 is 5.54. The first-order valence-corrected chi connectivity index (χ1v) is 6.94. The number of ether oxygens (including phenoxy) is 1. The van der Waals surface area contributed by atoms with Crippen molar-refractivity contribution in [2.45, 2.75) is 20.3 Å². The highest BCUT2D eigenvalue weighted by atomic mass is 32.1. The largest absolute Gasteiger partial charge is 0.494 e. The van der Waals surface area contributed by atoms with Crippen molar-refractivity contribution in [1.82, 2.24) is 4.98 Å². The van der Waals surface area contributed by atoms with Crippen LogP contribution >= 0.6 is 11.3 Å². The van der Waals surface area contributed by atoms with Crippen LogP contribution in [0.15, 0.2) is 24.4 Å². The zero-order valence-corrected chi connectivity index (χ0v) is 11.6. The van der Waals surface area contributed by atoms with Gasteiger partial charge in [0.1, 0.15) is 5.75 Å². The van der Waals surface area contributed by atoms with Gasteiger partial charge in [-0.3, -0.25) is 0 Å². The molecule has 96 valence electrons. The van der Waals surface area contributed by atoms with Crippen molar-refractivity contribution in [2.75, 3.05) is 13.2 Å². The molecular formula is C14H18N2OS. The molecule has 3 nitrogen and oxygen atoms in total. The molecule has 18 heavy (non-hydrogen) atoms. The molecule has 0 atom stereocenters. The van der Waals surface area contributed by atoms with Gasteiger partial charge in [0.25, 0.3) is 0 Å². The van der Waals surface area contributed by atoms with Crippen LogP contribution < -0.4 is 10.5 Å². The van der Waals surface area contributed by atoms with E-state index in [1.165, 1.54) is 10.4 Å². The van der Waals surface area contributed by atoms with Gasteiger partial charge in [-0.25, -0.2) is 4.98 Å². The van der Waals surface area contributed by atoms with Gasteiger partial charge in [0.2, 0.25) is 0 Å². The molecule has 0 saturated carbocycles. The number of rotatable bonds is 5. The molecule has 4 heteroatoms. The summed E-state index contributed by atoms with van der Waals surface area (Å²) in [4.78, 5) is 5.56. The number of hydrogen-bond donors (Lipinski definition) is 1. The standard InChI is InChI=1S/C14H18N2OS/c1-3-17-12-5-4-11(8-10(12)2)13-9-16-14(18-13)6-7-15/h4-5,8-9H,3,6-7,15H2,1-2H3. The van der Waals surface area contributed by atoms with Crippen LogP contribution in [0, 0.1) is 6.92 Å². The van der Waals surface area contributed by atoms with Crippen molar-refractivity contribution < 1.29 is 4.74 Å². The van der Waals surface area contributed by atoms with E-state index < -0.39 is 0 Å². The van der Waals surface area contributed by atoms with Gasteiger partial charge in [0.05, 0.1) is 16.5 Å². The first kappa shape index (κ1) is 13.1. The van der Waals surface area contributed by atoms with Crippen molar-refractivity contribution in [3.63, 3.8) is 0 Å². The molecule has 1 aromatic carbocycles. The van der Waals surface area contributed by atoms with E-state index in [-0.39, 0.29) is 0 Å². The fourth-order valence-corrected chi connectivity index (χ4v) is 2.73. The summed E-state index contributed by atoms with van der Waals surface area (Å²) in [6, 6.07) is 6.25. The number of aromatic nitrogens is 1. The van der Waals surface area contributed by atoms with Crippen LogP contribution in [0.3, 0.4) is 0 Å². The first-order valence-electron chi connectivity index (χ1n) is 6.13. The van der Waals surface area contributed by atoms with Crippen LogP contribution in [0.4, 0.5) is 0 Å². The molecule has 0 fully saturated rings. The molecule has 0 saturated heterocycles. The minimum atomic E-state index is 0.648. The van der Waals surface area contributed by atoms with Crippen LogP contribution in [0.1, 0.15) is 17.5 Å². The van der Waals surface area contributed by atoms with E-state index >= 15 is 0 Å². The number of nitrogens with zero attached hydrogens (tertiary/aromatic N) is 1. The van der Waals surface area contributed by atoms with Crippen LogP contribution in [0.25, 0.3) is 10.4 Å². The molecule has 1 heterocycles. The van der Waals surface area contributed by atoms with E-state index in [2.05, 4.69) is 24.0 Å². The quantitative estimate of drug-likeness (QED) is 0.901. The number of aryl methyl sites for hydroxylation is 1. The van der Waals surface area contributed by atoms with Gasteiger partial charge in [-0.05, 0) is 49.7 Å². The van der Waals surface area contributed by atoms with Crippen LogP contribution in [0.2, 0.25) is 0 Å². The lowest BCUT2D eigenvalue weighted by Gasteiger charge is -2.07. The van der Waals surface area contributed by atoms with Gasteiger partial charge in [-0.2, -0.15) is 0 Å². The predicted octanol–water partition coefficient (Wildman–Crippen LogP) is 3.02.